The number of anilines is 1. The molecule has 0 atom stereocenters. The fourth-order valence-corrected chi connectivity index (χ4v) is 3.28. The molecule has 17 heavy (non-hydrogen) atoms. The number of nitrogens with one attached hydrogen (secondary N) is 1. The van der Waals surface area contributed by atoms with Gasteiger partial charge in [-0.3, -0.25) is 0 Å². The first-order valence-corrected chi connectivity index (χ1v) is 7.86. The van der Waals surface area contributed by atoms with Gasteiger partial charge in [0.1, 0.15) is 0 Å². The summed E-state index contributed by atoms with van der Waals surface area (Å²) in [4.78, 5) is 0. The van der Waals surface area contributed by atoms with Crippen LogP contribution >= 0.6 is 0 Å². The molecule has 0 aliphatic rings. The van der Waals surface area contributed by atoms with E-state index < -0.39 is 0 Å². The predicted octanol–water partition coefficient (Wildman–Crippen LogP) is 3.07. The molecule has 92 valence electrons. The molecular weight excluding hydrogens is 277 g/mol. The molecule has 0 aliphatic carbocycles. The van der Waals surface area contributed by atoms with E-state index in [0.717, 1.165) is 16.7 Å². The molecule has 4 heteroatoms. The fraction of sp³-hybridized carbons (Fsp3) is 0.538. The summed E-state index contributed by atoms with van der Waals surface area (Å²) in [6, 6.07) is 6.81. The monoisotopic (exact) mass is 297 g/mol. The van der Waals surface area contributed by atoms with Crippen LogP contribution < -0.4 is 5.32 Å². The van der Waals surface area contributed by atoms with Gasteiger partial charge in [0.05, 0.1) is 0 Å². The molecule has 0 amide bonds. The Hall–Kier alpha value is -0.861. The van der Waals surface area contributed by atoms with Crippen LogP contribution in [0.4, 0.5) is 5.69 Å². The molecule has 1 aromatic heterocycles. The number of nitrogens with zero attached hydrogens (tertiary/aromatic N) is 2. The van der Waals surface area contributed by atoms with Crippen LogP contribution in [-0.2, 0) is 0 Å². The summed E-state index contributed by atoms with van der Waals surface area (Å²) in [5, 5.41) is 3.64. The number of fused-ring (bicyclic) bond motifs is 1. The third-order valence-electron chi connectivity index (χ3n) is 2.92. The second-order valence-electron chi connectivity index (χ2n) is 4.36. The summed E-state index contributed by atoms with van der Waals surface area (Å²) in [6.45, 7) is 4.48. The van der Waals surface area contributed by atoms with Crippen molar-refractivity contribution < 1.29 is 0 Å². The zero-order valence-corrected chi connectivity index (χ0v) is 12.2. The Balaban J connectivity index is 2.18. The van der Waals surface area contributed by atoms with Crippen LogP contribution in [0.3, 0.4) is 0 Å². The first-order valence-electron chi connectivity index (χ1n) is 6.33. The summed E-state index contributed by atoms with van der Waals surface area (Å²) in [6.07, 6.45) is 4.88. The molecule has 1 N–H and O–H groups in total. The molecule has 2 rings (SSSR count). The Morgan fingerprint density at radius 3 is 2.65 bits per heavy atom. The molecule has 3 nitrogen and oxygen atoms in total. The van der Waals surface area contributed by atoms with E-state index in [9.17, 15) is 0 Å². The van der Waals surface area contributed by atoms with E-state index in [1.54, 1.807) is 0 Å². The Morgan fingerprint density at radius 2 is 1.94 bits per heavy atom. The molecule has 0 saturated carbocycles. The standard InChI is InChI=1S/C13H19N3Se/c1-3-6-10(7-4-2)14-11-8-5-9-12-13(11)16-17-15-12/h5,8-10,14H,3-4,6-7H2,1-2H3. The SMILES string of the molecule is CCCC(CCC)Nc1cccc2n[se]nc12. The van der Waals surface area contributed by atoms with Gasteiger partial charge in [-0.15, -0.1) is 0 Å². The van der Waals surface area contributed by atoms with Crippen molar-refractivity contribution in [3.05, 3.63) is 18.2 Å². The second kappa shape index (κ2) is 6.18. The van der Waals surface area contributed by atoms with E-state index in [1.807, 2.05) is 6.07 Å². The first-order chi connectivity index (χ1) is 8.35. The van der Waals surface area contributed by atoms with Crippen molar-refractivity contribution in [2.24, 2.45) is 0 Å². The molecule has 0 bridgehead atoms. The zero-order chi connectivity index (χ0) is 12.1. The van der Waals surface area contributed by atoms with E-state index in [4.69, 9.17) is 0 Å². The quantitative estimate of drug-likeness (QED) is 0.833. The van der Waals surface area contributed by atoms with Gasteiger partial charge in [-0.25, -0.2) is 0 Å². The summed E-state index contributed by atoms with van der Waals surface area (Å²) in [5.41, 5.74) is 3.30. The van der Waals surface area contributed by atoms with Crippen molar-refractivity contribution in [1.82, 2.24) is 7.96 Å². The zero-order valence-electron chi connectivity index (χ0n) is 10.4. The summed E-state index contributed by atoms with van der Waals surface area (Å²) in [7, 11) is 0. The maximum absolute atomic E-state index is 4.51. The second-order valence-corrected chi connectivity index (χ2v) is 5.46. The van der Waals surface area contributed by atoms with Gasteiger partial charge in [-0.1, -0.05) is 0 Å². The van der Waals surface area contributed by atoms with Gasteiger partial charge in [-0.2, -0.15) is 0 Å². The predicted molar refractivity (Wildman–Crippen MR) is 73.7 cm³/mol. The number of benzene rings is 1. The van der Waals surface area contributed by atoms with Gasteiger partial charge < -0.3 is 0 Å². The van der Waals surface area contributed by atoms with Crippen molar-refractivity contribution in [1.29, 1.82) is 0 Å². The number of hydrogen-bond donors (Lipinski definition) is 1. The van der Waals surface area contributed by atoms with Crippen LogP contribution in [0.5, 0.6) is 0 Å². The van der Waals surface area contributed by atoms with Crippen molar-refractivity contribution in [3.63, 3.8) is 0 Å². The Morgan fingerprint density at radius 1 is 1.18 bits per heavy atom. The normalized spacial score (nSPS) is 11.2. The Bertz CT molecular complexity index is 460. The van der Waals surface area contributed by atoms with E-state index >= 15 is 0 Å². The van der Waals surface area contributed by atoms with Crippen molar-refractivity contribution in [2.75, 3.05) is 5.32 Å². The Labute approximate surface area is 109 Å². The average Bonchev–Trinajstić information content (AvgIpc) is 2.79. The van der Waals surface area contributed by atoms with Gasteiger partial charge in [0, 0.05) is 0 Å². The van der Waals surface area contributed by atoms with E-state index in [-0.39, 0.29) is 15.0 Å². The van der Waals surface area contributed by atoms with Crippen LogP contribution in [0, 0.1) is 0 Å². The van der Waals surface area contributed by atoms with Gasteiger partial charge in [0.25, 0.3) is 0 Å². The molecule has 0 radical (unpaired) electrons. The van der Waals surface area contributed by atoms with Gasteiger partial charge in [0.15, 0.2) is 0 Å². The molecule has 1 heterocycles. The van der Waals surface area contributed by atoms with E-state index in [1.165, 1.54) is 25.7 Å². The van der Waals surface area contributed by atoms with Crippen LogP contribution in [-0.4, -0.2) is 29.0 Å². The summed E-state index contributed by atoms with van der Waals surface area (Å²) in [5.74, 6) is 0. The van der Waals surface area contributed by atoms with Gasteiger partial charge in [-0.05, 0) is 0 Å². The fourth-order valence-electron chi connectivity index (χ4n) is 2.13. The summed E-state index contributed by atoms with van der Waals surface area (Å²) >= 11 is 0.0606. The van der Waals surface area contributed by atoms with Crippen LogP contribution in [0.2, 0.25) is 0 Å². The first kappa shape index (κ1) is 12.6. The van der Waals surface area contributed by atoms with Crippen LogP contribution in [0.15, 0.2) is 18.2 Å². The third-order valence-corrected chi connectivity index (χ3v) is 4.06. The minimum absolute atomic E-state index is 0.0606. The molecule has 0 fully saturated rings. The molecule has 2 aromatic rings. The van der Waals surface area contributed by atoms with Gasteiger partial charge in [0.2, 0.25) is 0 Å². The van der Waals surface area contributed by atoms with Crippen molar-refractivity contribution in [2.45, 2.75) is 45.6 Å². The van der Waals surface area contributed by atoms with Crippen LogP contribution in [0.25, 0.3) is 11.0 Å². The Kier molecular flexibility index (Phi) is 4.57. The van der Waals surface area contributed by atoms with E-state index in [0.29, 0.717) is 6.04 Å². The number of rotatable bonds is 6. The topological polar surface area (TPSA) is 37.8 Å². The minimum atomic E-state index is 0.0606. The van der Waals surface area contributed by atoms with Crippen molar-refractivity contribution >= 4 is 31.7 Å². The maximum atomic E-state index is 4.51. The number of aromatic nitrogens is 2. The molecule has 0 aliphatic heterocycles. The average molecular weight is 296 g/mol. The molecule has 0 unspecified atom stereocenters. The van der Waals surface area contributed by atoms with Gasteiger partial charge >= 0.3 is 109 Å². The van der Waals surface area contributed by atoms with E-state index in [2.05, 4.69) is 39.3 Å². The number of hydrogen-bond acceptors (Lipinski definition) is 3. The molecule has 0 spiro atoms. The molecule has 0 saturated heterocycles. The molecular formula is C13H19N3Se. The molecule has 1 aromatic carbocycles. The summed E-state index contributed by atoms with van der Waals surface area (Å²) < 4.78 is 8.92. The third kappa shape index (κ3) is 3.08. The van der Waals surface area contributed by atoms with Crippen molar-refractivity contribution in [3.8, 4) is 0 Å². The van der Waals surface area contributed by atoms with Crippen LogP contribution in [0.1, 0.15) is 39.5 Å².